The van der Waals surface area contributed by atoms with Gasteiger partial charge in [-0.1, -0.05) is 0 Å². The summed E-state index contributed by atoms with van der Waals surface area (Å²) in [5, 5.41) is 16.6. The number of amides is 2. The lowest BCUT2D eigenvalue weighted by atomic mass is 9.95. The molecule has 1 aliphatic rings. The lowest BCUT2D eigenvalue weighted by Gasteiger charge is -2.29. The van der Waals surface area contributed by atoms with Crippen molar-refractivity contribution in [3.8, 4) is 0 Å². The summed E-state index contributed by atoms with van der Waals surface area (Å²) in [6.45, 7) is 6.26. The van der Waals surface area contributed by atoms with Crippen molar-refractivity contribution in [1.82, 2.24) is 15.6 Å². The van der Waals surface area contributed by atoms with E-state index in [0.717, 1.165) is 6.42 Å². The van der Waals surface area contributed by atoms with Gasteiger partial charge in [0, 0.05) is 12.0 Å². The van der Waals surface area contributed by atoms with E-state index in [1.165, 1.54) is 16.7 Å². The van der Waals surface area contributed by atoms with Gasteiger partial charge in [-0.2, -0.15) is 0 Å². The summed E-state index contributed by atoms with van der Waals surface area (Å²) in [5.74, 6) is -1.07. The first-order valence-electron chi connectivity index (χ1n) is 6.71. The fourth-order valence-corrected chi connectivity index (χ4v) is 2.94. The van der Waals surface area contributed by atoms with Crippen LogP contribution in [0.15, 0.2) is 5.38 Å². The number of aromatic nitrogens is 1. The number of aromatic carboxylic acids is 1. The van der Waals surface area contributed by atoms with Gasteiger partial charge < -0.3 is 20.5 Å². The largest absolute Gasteiger partial charge is 0.476 e. The van der Waals surface area contributed by atoms with Crippen LogP contribution in [0.1, 0.15) is 48.7 Å². The summed E-state index contributed by atoms with van der Waals surface area (Å²) in [4.78, 5) is 26.8. The average Bonchev–Trinajstić information content (AvgIpc) is 2.98. The number of hydrogen-bond donors (Lipinski definition) is 3. The van der Waals surface area contributed by atoms with Gasteiger partial charge in [0.15, 0.2) is 5.69 Å². The third-order valence-electron chi connectivity index (χ3n) is 3.74. The predicted molar refractivity (Wildman–Crippen MR) is 77.6 cm³/mol. The Kier molecular flexibility index (Phi) is 4.48. The highest BCUT2D eigenvalue weighted by molar-refractivity contribution is 7.09. The van der Waals surface area contributed by atoms with Gasteiger partial charge >= 0.3 is 12.0 Å². The van der Waals surface area contributed by atoms with Gasteiger partial charge in [-0.05, 0) is 27.2 Å². The van der Waals surface area contributed by atoms with Crippen LogP contribution in [0.3, 0.4) is 0 Å². The van der Waals surface area contributed by atoms with Gasteiger partial charge in [-0.15, -0.1) is 11.3 Å². The highest BCUT2D eigenvalue weighted by atomic mass is 32.1. The smallest absolute Gasteiger partial charge is 0.355 e. The van der Waals surface area contributed by atoms with E-state index in [2.05, 4.69) is 15.6 Å². The molecule has 2 rings (SSSR count). The first kappa shape index (κ1) is 15.7. The Balaban J connectivity index is 1.94. The zero-order valence-corrected chi connectivity index (χ0v) is 13.0. The Morgan fingerprint density at radius 3 is 2.86 bits per heavy atom. The molecule has 8 heteroatoms. The molecule has 21 heavy (non-hydrogen) atoms. The van der Waals surface area contributed by atoms with Crippen molar-refractivity contribution < 1.29 is 19.4 Å². The molecule has 0 radical (unpaired) electrons. The number of carbonyl (C=O) groups excluding carboxylic acids is 1. The van der Waals surface area contributed by atoms with Crippen LogP contribution in [0.5, 0.6) is 0 Å². The number of urea groups is 1. The second kappa shape index (κ2) is 5.98. The fraction of sp³-hybridized carbons (Fsp3) is 0.615. The van der Waals surface area contributed by atoms with Crippen LogP contribution >= 0.6 is 11.3 Å². The molecule has 116 valence electrons. The number of carboxylic acids is 1. The van der Waals surface area contributed by atoms with Crippen LogP contribution in [-0.2, 0) is 4.74 Å². The number of carboxylic acid groups (broad SMARTS) is 1. The van der Waals surface area contributed by atoms with Crippen LogP contribution in [0.25, 0.3) is 0 Å². The third-order valence-corrected chi connectivity index (χ3v) is 4.77. The molecule has 0 saturated carbocycles. The molecule has 1 aliphatic heterocycles. The number of ether oxygens (including phenoxy) is 1. The van der Waals surface area contributed by atoms with E-state index >= 15 is 0 Å². The topological polar surface area (TPSA) is 101 Å². The maximum absolute atomic E-state index is 12.1. The Bertz CT molecular complexity index is 547. The number of nitrogens with zero attached hydrogens (tertiary/aromatic N) is 1. The summed E-state index contributed by atoms with van der Waals surface area (Å²) in [7, 11) is 0. The molecule has 2 amide bonds. The first-order chi connectivity index (χ1) is 9.82. The molecule has 0 aromatic carbocycles. The summed E-state index contributed by atoms with van der Waals surface area (Å²) in [6, 6.07) is -0.668. The molecule has 3 atom stereocenters. The zero-order chi connectivity index (χ0) is 15.6. The van der Waals surface area contributed by atoms with Crippen LogP contribution < -0.4 is 10.6 Å². The van der Waals surface area contributed by atoms with Crippen LogP contribution in [-0.4, -0.2) is 40.3 Å². The summed E-state index contributed by atoms with van der Waals surface area (Å²) in [6.07, 6.45) is 0.716. The van der Waals surface area contributed by atoms with Gasteiger partial charge in [0.25, 0.3) is 0 Å². The number of nitrogens with one attached hydrogen (secondary N) is 2. The van der Waals surface area contributed by atoms with Crippen LogP contribution in [0.4, 0.5) is 4.79 Å². The molecule has 0 aliphatic carbocycles. The van der Waals surface area contributed by atoms with Crippen molar-refractivity contribution in [3.63, 3.8) is 0 Å². The van der Waals surface area contributed by atoms with Gasteiger partial charge in [-0.3, -0.25) is 0 Å². The summed E-state index contributed by atoms with van der Waals surface area (Å²) < 4.78 is 5.47. The quantitative estimate of drug-likeness (QED) is 0.786. The van der Waals surface area contributed by atoms with E-state index < -0.39 is 5.97 Å². The minimum absolute atomic E-state index is 0.00571. The van der Waals surface area contributed by atoms with Crippen molar-refractivity contribution in [1.29, 1.82) is 0 Å². The average molecular weight is 313 g/mol. The Morgan fingerprint density at radius 1 is 1.62 bits per heavy atom. The number of carbonyl (C=O) groups is 2. The number of thiazole rings is 1. The van der Waals surface area contributed by atoms with E-state index in [4.69, 9.17) is 9.84 Å². The van der Waals surface area contributed by atoms with E-state index in [1.54, 1.807) is 6.92 Å². The molecule has 1 saturated heterocycles. The molecule has 0 bridgehead atoms. The normalized spacial score (nSPS) is 26.3. The second-order valence-corrected chi connectivity index (χ2v) is 6.27. The molecular weight excluding hydrogens is 294 g/mol. The minimum atomic E-state index is -1.07. The molecule has 1 aromatic heterocycles. The number of hydrogen-bond acceptors (Lipinski definition) is 5. The highest BCUT2D eigenvalue weighted by Gasteiger charge is 2.38. The fourth-order valence-electron chi connectivity index (χ4n) is 2.14. The molecule has 2 heterocycles. The molecule has 3 unspecified atom stereocenters. The molecule has 3 N–H and O–H groups in total. The standard InChI is InChI=1S/C13H19N3O4S/c1-7(10-15-9(6-21-10)11(17)18)14-12(19)16-13(3)4-5-20-8(13)2/h6-8H,4-5H2,1-3H3,(H,17,18)(H2,14,16,19). The zero-order valence-electron chi connectivity index (χ0n) is 12.2. The SMILES string of the molecule is CC(NC(=O)NC1(C)CCOC1C)c1nc(C(=O)O)cs1. The molecule has 7 nitrogen and oxygen atoms in total. The minimum Gasteiger partial charge on any atom is -0.476 e. The Labute approximate surface area is 126 Å². The monoisotopic (exact) mass is 313 g/mol. The van der Waals surface area contributed by atoms with Gasteiger partial charge in [0.05, 0.1) is 17.7 Å². The van der Waals surface area contributed by atoms with Gasteiger partial charge in [0.2, 0.25) is 0 Å². The maximum atomic E-state index is 12.1. The van der Waals surface area contributed by atoms with Crippen LogP contribution in [0.2, 0.25) is 0 Å². The van der Waals surface area contributed by atoms with E-state index in [0.29, 0.717) is 11.6 Å². The Hall–Kier alpha value is -1.67. The molecule has 0 spiro atoms. The number of rotatable bonds is 4. The van der Waals surface area contributed by atoms with Crippen molar-refractivity contribution in [2.45, 2.75) is 44.9 Å². The van der Waals surface area contributed by atoms with Gasteiger partial charge in [0.1, 0.15) is 5.01 Å². The highest BCUT2D eigenvalue weighted by Crippen LogP contribution is 2.25. The lowest BCUT2D eigenvalue weighted by molar-refractivity contribution is 0.0691. The third kappa shape index (κ3) is 3.51. The predicted octanol–water partition coefficient (Wildman–Crippen LogP) is 1.77. The lowest BCUT2D eigenvalue weighted by Crippen LogP contribution is -2.54. The molecule has 1 aromatic rings. The summed E-state index contributed by atoms with van der Waals surface area (Å²) >= 11 is 1.21. The van der Waals surface area contributed by atoms with Crippen molar-refractivity contribution >= 4 is 23.3 Å². The molecular formula is C13H19N3O4S. The molecule has 1 fully saturated rings. The van der Waals surface area contributed by atoms with Crippen molar-refractivity contribution in [3.05, 3.63) is 16.1 Å². The van der Waals surface area contributed by atoms with Crippen molar-refractivity contribution in [2.24, 2.45) is 0 Å². The van der Waals surface area contributed by atoms with Crippen LogP contribution in [0, 0.1) is 0 Å². The van der Waals surface area contributed by atoms with Gasteiger partial charge in [-0.25, -0.2) is 14.6 Å². The maximum Gasteiger partial charge on any atom is 0.355 e. The van der Waals surface area contributed by atoms with E-state index in [-0.39, 0.29) is 29.4 Å². The van der Waals surface area contributed by atoms with Crippen molar-refractivity contribution in [2.75, 3.05) is 6.61 Å². The Morgan fingerprint density at radius 2 is 2.33 bits per heavy atom. The summed E-state index contributed by atoms with van der Waals surface area (Å²) in [5.41, 5.74) is -0.396. The van der Waals surface area contributed by atoms with E-state index in [1.807, 2.05) is 13.8 Å². The van der Waals surface area contributed by atoms with E-state index in [9.17, 15) is 9.59 Å². The first-order valence-corrected chi connectivity index (χ1v) is 7.59. The second-order valence-electron chi connectivity index (χ2n) is 5.38.